The van der Waals surface area contributed by atoms with Crippen LogP contribution in [-0.2, 0) is 0 Å². The zero-order valence-corrected chi connectivity index (χ0v) is 16.4. The smallest absolute Gasteiger partial charge is 0.248 e. The van der Waals surface area contributed by atoms with Gasteiger partial charge in [-0.05, 0) is 66.7 Å². The number of carbonyl (C=O) groups is 2. The molecule has 0 saturated heterocycles. The second kappa shape index (κ2) is 9.23. The summed E-state index contributed by atoms with van der Waals surface area (Å²) in [5, 5.41) is 8.05. The first kappa shape index (κ1) is 21.1. The topological polar surface area (TPSA) is 177 Å². The van der Waals surface area contributed by atoms with Crippen molar-refractivity contribution in [1.29, 1.82) is 0 Å². The Kier molecular flexibility index (Phi) is 6.27. The van der Waals surface area contributed by atoms with Gasteiger partial charge in [-0.15, -0.1) is 10.2 Å². The molecule has 3 aromatic carbocycles. The van der Waals surface area contributed by atoms with Gasteiger partial charge in [0.25, 0.3) is 0 Å². The Morgan fingerprint density at radius 2 is 1.03 bits per heavy atom. The Morgan fingerprint density at radius 1 is 0.645 bits per heavy atom. The number of nitrogen functional groups attached to an aromatic ring is 2. The van der Waals surface area contributed by atoms with E-state index in [1.165, 1.54) is 18.2 Å². The van der Waals surface area contributed by atoms with E-state index in [2.05, 4.69) is 10.2 Å². The van der Waals surface area contributed by atoms with Crippen molar-refractivity contribution in [3.05, 3.63) is 83.9 Å². The minimum absolute atomic E-state index is 0.284. The number of anilines is 2. The average molecular weight is 416 g/mol. The van der Waals surface area contributed by atoms with Gasteiger partial charge in [0.05, 0.1) is 0 Å². The molecule has 0 radical (unpaired) electrons. The molecule has 1 aromatic heterocycles. The summed E-state index contributed by atoms with van der Waals surface area (Å²) in [6.07, 6.45) is 0. The number of benzene rings is 3. The summed E-state index contributed by atoms with van der Waals surface area (Å²) in [6, 6.07) is 20.5. The van der Waals surface area contributed by atoms with Crippen LogP contribution < -0.4 is 22.9 Å². The molecule has 0 aliphatic rings. The summed E-state index contributed by atoms with van der Waals surface area (Å²) >= 11 is 0. The third-order valence-corrected chi connectivity index (χ3v) is 4.17. The van der Waals surface area contributed by atoms with Gasteiger partial charge in [-0.2, -0.15) is 0 Å². The molecule has 2 amide bonds. The number of hydrogen-bond acceptors (Lipinski definition) is 7. The van der Waals surface area contributed by atoms with Crippen LogP contribution in [0.5, 0.6) is 0 Å². The number of aromatic nitrogens is 2. The van der Waals surface area contributed by atoms with Gasteiger partial charge in [0, 0.05) is 33.6 Å². The summed E-state index contributed by atoms with van der Waals surface area (Å²) in [4.78, 5) is 21.3. The van der Waals surface area contributed by atoms with Crippen LogP contribution in [0.4, 0.5) is 11.4 Å². The molecule has 1 heterocycles. The lowest BCUT2D eigenvalue weighted by Crippen LogP contribution is -2.14. The molecule has 9 heteroatoms. The number of nitrogens with two attached hydrogens (primary N) is 4. The van der Waals surface area contributed by atoms with Gasteiger partial charge in [-0.25, -0.2) is 0 Å². The van der Waals surface area contributed by atoms with E-state index in [1.54, 1.807) is 30.3 Å². The second-order valence-corrected chi connectivity index (χ2v) is 6.47. The molecule has 0 fully saturated rings. The Labute approximate surface area is 177 Å². The predicted octanol–water partition coefficient (Wildman–Crippen LogP) is 2.45. The maximum Gasteiger partial charge on any atom is 0.248 e. The van der Waals surface area contributed by atoms with Gasteiger partial charge in [0.1, 0.15) is 0 Å². The van der Waals surface area contributed by atoms with Gasteiger partial charge in [0.15, 0.2) is 0 Å². The Bertz CT molecular complexity index is 1110. The van der Waals surface area contributed by atoms with Gasteiger partial charge < -0.3 is 27.4 Å². The SMILES string of the molecule is NC(=O)c1cccc(C(N)=O)c1.Nc1ccc(-c2nnc(-c3ccc(N)cc3)o2)cc1. The fourth-order valence-corrected chi connectivity index (χ4v) is 2.53. The van der Waals surface area contributed by atoms with Crippen LogP contribution in [0, 0.1) is 0 Å². The molecule has 9 nitrogen and oxygen atoms in total. The van der Waals surface area contributed by atoms with Gasteiger partial charge in [0.2, 0.25) is 23.6 Å². The van der Waals surface area contributed by atoms with Crippen molar-refractivity contribution in [3.63, 3.8) is 0 Å². The molecule has 0 aliphatic heterocycles. The Balaban J connectivity index is 0.000000196. The van der Waals surface area contributed by atoms with Crippen molar-refractivity contribution in [3.8, 4) is 22.9 Å². The molecular weight excluding hydrogens is 396 g/mol. The molecule has 156 valence electrons. The third-order valence-electron chi connectivity index (χ3n) is 4.17. The van der Waals surface area contributed by atoms with Crippen molar-refractivity contribution >= 4 is 23.2 Å². The zero-order valence-electron chi connectivity index (χ0n) is 16.4. The summed E-state index contributed by atoms with van der Waals surface area (Å²) in [5.74, 6) is -0.213. The minimum Gasteiger partial charge on any atom is -0.416 e. The van der Waals surface area contributed by atoms with Crippen LogP contribution >= 0.6 is 0 Å². The first-order valence-electron chi connectivity index (χ1n) is 9.08. The summed E-state index contributed by atoms with van der Waals surface area (Å²) in [6.45, 7) is 0. The van der Waals surface area contributed by atoms with Crippen molar-refractivity contribution in [2.24, 2.45) is 11.5 Å². The van der Waals surface area contributed by atoms with E-state index >= 15 is 0 Å². The lowest BCUT2D eigenvalue weighted by molar-refractivity contribution is 0.0999. The van der Waals surface area contributed by atoms with E-state index in [0.717, 1.165) is 11.1 Å². The van der Waals surface area contributed by atoms with E-state index in [9.17, 15) is 9.59 Å². The van der Waals surface area contributed by atoms with Crippen molar-refractivity contribution in [2.45, 2.75) is 0 Å². The fraction of sp³-hybridized carbons (Fsp3) is 0. The highest BCUT2D eigenvalue weighted by Crippen LogP contribution is 2.24. The van der Waals surface area contributed by atoms with Gasteiger partial charge in [-0.1, -0.05) is 6.07 Å². The molecule has 0 aliphatic carbocycles. The van der Waals surface area contributed by atoms with Gasteiger partial charge in [-0.3, -0.25) is 9.59 Å². The lowest BCUT2D eigenvalue weighted by Gasteiger charge is -1.97. The minimum atomic E-state index is -0.571. The summed E-state index contributed by atoms with van der Waals surface area (Å²) in [5.41, 5.74) is 24.9. The molecule has 8 N–H and O–H groups in total. The van der Waals surface area contributed by atoms with Crippen molar-refractivity contribution in [2.75, 3.05) is 11.5 Å². The zero-order chi connectivity index (χ0) is 22.4. The standard InChI is InChI=1S/C14H12N4O.C8H8N2O2/c15-11-5-1-9(2-6-11)13-17-18-14(19-13)10-3-7-12(16)8-4-10;9-7(11)5-2-1-3-6(4-5)8(10)12/h1-8H,15-16H2;1-4H,(H2,9,11)(H2,10,12). The van der Waals surface area contributed by atoms with Crippen LogP contribution in [0.2, 0.25) is 0 Å². The molecule has 31 heavy (non-hydrogen) atoms. The highest BCUT2D eigenvalue weighted by Gasteiger charge is 2.10. The molecule has 0 atom stereocenters. The van der Waals surface area contributed by atoms with E-state index in [1.807, 2.05) is 24.3 Å². The van der Waals surface area contributed by atoms with Crippen LogP contribution in [0.25, 0.3) is 22.9 Å². The number of rotatable bonds is 4. The molecule has 0 saturated carbocycles. The summed E-state index contributed by atoms with van der Waals surface area (Å²) in [7, 11) is 0. The maximum atomic E-state index is 10.6. The number of nitrogens with zero attached hydrogens (tertiary/aromatic N) is 2. The van der Waals surface area contributed by atoms with E-state index in [4.69, 9.17) is 27.4 Å². The molecule has 0 unspecified atom stereocenters. The van der Waals surface area contributed by atoms with Crippen LogP contribution in [-0.4, -0.2) is 22.0 Å². The molecule has 4 rings (SSSR count). The number of amides is 2. The first-order chi connectivity index (χ1) is 14.8. The predicted molar refractivity (Wildman–Crippen MR) is 117 cm³/mol. The first-order valence-corrected chi connectivity index (χ1v) is 9.08. The summed E-state index contributed by atoms with van der Waals surface area (Å²) < 4.78 is 5.63. The number of carbonyl (C=O) groups excluding carboxylic acids is 2. The highest BCUT2D eigenvalue weighted by molar-refractivity contribution is 5.98. The average Bonchev–Trinajstić information content (AvgIpc) is 3.25. The van der Waals surface area contributed by atoms with Crippen LogP contribution in [0.1, 0.15) is 20.7 Å². The van der Waals surface area contributed by atoms with Crippen LogP contribution in [0.15, 0.2) is 77.2 Å². The maximum absolute atomic E-state index is 10.6. The quantitative estimate of drug-likeness (QED) is 0.369. The number of primary amides is 2. The lowest BCUT2D eigenvalue weighted by atomic mass is 10.1. The molecule has 4 aromatic rings. The van der Waals surface area contributed by atoms with E-state index in [0.29, 0.717) is 23.2 Å². The van der Waals surface area contributed by atoms with Crippen molar-refractivity contribution < 1.29 is 14.0 Å². The third kappa shape index (κ3) is 5.45. The largest absolute Gasteiger partial charge is 0.416 e. The van der Waals surface area contributed by atoms with Crippen molar-refractivity contribution in [1.82, 2.24) is 10.2 Å². The number of hydrogen-bond donors (Lipinski definition) is 4. The van der Waals surface area contributed by atoms with Crippen LogP contribution in [0.3, 0.4) is 0 Å². The van der Waals surface area contributed by atoms with E-state index < -0.39 is 11.8 Å². The Morgan fingerprint density at radius 3 is 1.39 bits per heavy atom. The Hall–Kier alpha value is -4.66. The normalized spacial score (nSPS) is 10.1. The fourth-order valence-electron chi connectivity index (χ4n) is 2.53. The van der Waals surface area contributed by atoms with E-state index in [-0.39, 0.29) is 11.1 Å². The molecule has 0 bridgehead atoms. The second-order valence-electron chi connectivity index (χ2n) is 6.47. The monoisotopic (exact) mass is 416 g/mol. The molecular formula is C22H20N6O3. The highest BCUT2D eigenvalue weighted by atomic mass is 16.4. The molecule has 0 spiro atoms. The van der Waals surface area contributed by atoms with Gasteiger partial charge >= 0.3 is 0 Å².